The normalized spacial score (nSPS) is 11.0. The fourth-order valence-corrected chi connectivity index (χ4v) is 2.59. The smallest absolute Gasteiger partial charge is 0.244 e. The zero-order chi connectivity index (χ0) is 16.1. The fourth-order valence-electron chi connectivity index (χ4n) is 2.59. The Morgan fingerprint density at radius 3 is 2.70 bits per heavy atom. The third kappa shape index (κ3) is 3.83. The van der Waals surface area contributed by atoms with Crippen molar-refractivity contribution >= 4 is 22.9 Å². The third-order valence-corrected chi connectivity index (χ3v) is 3.68. The number of hydrogen-bond acceptors (Lipinski definition) is 2. The number of carbonyl (C=O) groups is 1. The second-order valence-corrected chi connectivity index (χ2v) is 5.52. The van der Waals surface area contributed by atoms with E-state index in [-0.39, 0.29) is 5.91 Å². The van der Waals surface area contributed by atoms with Crippen LogP contribution in [0.2, 0.25) is 0 Å². The predicted molar refractivity (Wildman–Crippen MR) is 94.6 cm³/mol. The molecule has 3 nitrogen and oxygen atoms in total. The van der Waals surface area contributed by atoms with E-state index in [0.717, 1.165) is 27.5 Å². The predicted octanol–water partition coefficient (Wildman–Crippen LogP) is 3.84. The molecule has 3 aromatic carbocycles. The summed E-state index contributed by atoms with van der Waals surface area (Å²) in [5.74, 6) is -0.120. The molecule has 0 aliphatic heterocycles. The Balaban J connectivity index is 1.67. The molecule has 1 N–H and O–H groups in total. The average Bonchev–Trinajstić information content (AvgIpc) is 2.55. The van der Waals surface area contributed by atoms with Gasteiger partial charge in [-0.25, -0.2) is 5.43 Å². The van der Waals surface area contributed by atoms with Crippen LogP contribution in [0.5, 0.6) is 0 Å². The lowest BCUT2D eigenvalue weighted by Gasteiger charge is -2.05. The molecule has 0 fully saturated rings. The molecule has 0 unspecified atom stereocenters. The number of hydrogen-bond donors (Lipinski definition) is 1. The summed E-state index contributed by atoms with van der Waals surface area (Å²) < 4.78 is 0. The van der Waals surface area contributed by atoms with E-state index in [1.807, 2.05) is 73.7 Å². The van der Waals surface area contributed by atoms with Gasteiger partial charge in [0, 0.05) is 0 Å². The van der Waals surface area contributed by atoms with Gasteiger partial charge in [-0.15, -0.1) is 0 Å². The van der Waals surface area contributed by atoms with Gasteiger partial charge in [-0.05, 0) is 28.8 Å². The molecule has 3 aromatic rings. The number of benzene rings is 3. The van der Waals surface area contributed by atoms with Gasteiger partial charge in [0.2, 0.25) is 5.91 Å². The molecule has 1 amide bonds. The first-order valence-electron chi connectivity index (χ1n) is 7.57. The second-order valence-electron chi connectivity index (χ2n) is 5.52. The van der Waals surface area contributed by atoms with Crippen LogP contribution in [0, 0.1) is 6.92 Å². The van der Waals surface area contributed by atoms with E-state index in [0.29, 0.717) is 6.42 Å². The molecule has 23 heavy (non-hydrogen) atoms. The number of nitrogens with zero attached hydrogens (tertiary/aromatic N) is 1. The molecule has 0 spiro atoms. The maximum atomic E-state index is 12.1. The summed E-state index contributed by atoms with van der Waals surface area (Å²) in [5, 5.41) is 6.28. The number of rotatable bonds is 4. The van der Waals surface area contributed by atoms with Crippen LogP contribution in [0.1, 0.15) is 16.7 Å². The zero-order valence-corrected chi connectivity index (χ0v) is 13.0. The molecular formula is C20H18N2O. The van der Waals surface area contributed by atoms with Gasteiger partial charge in [-0.3, -0.25) is 4.79 Å². The third-order valence-electron chi connectivity index (χ3n) is 3.68. The summed E-state index contributed by atoms with van der Waals surface area (Å²) in [6.07, 6.45) is 1.97. The Bertz CT molecular complexity index is 863. The topological polar surface area (TPSA) is 41.5 Å². The maximum Gasteiger partial charge on any atom is 0.244 e. The first-order chi connectivity index (χ1) is 11.2. The first-order valence-corrected chi connectivity index (χ1v) is 7.57. The summed E-state index contributed by atoms with van der Waals surface area (Å²) in [6.45, 7) is 2.02. The summed E-state index contributed by atoms with van der Waals surface area (Å²) in [4.78, 5) is 12.1. The molecule has 114 valence electrons. The SMILES string of the molecule is Cc1cccc(/C=N/NC(=O)Cc2cccc3ccccc23)c1. The van der Waals surface area contributed by atoms with Crippen molar-refractivity contribution in [2.24, 2.45) is 5.10 Å². The first kappa shape index (κ1) is 15.0. The monoisotopic (exact) mass is 302 g/mol. The van der Waals surface area contributed by atoms with Crippen molar-refractivity contribution in [1.29, 1.82) is 0 Å². The largest absolute Gasteiger partial charge is 0.273 e. The Morgan fingerprint density at radius 1 is 1.04 bits per heavy atom. The van der Waals surface area contributed by atoms with Crippen molar-refractivity contribution in [3.63, 3.8) is 0 Å². The second kappa shape index (κ2) is 6.88. The summed E-state index contributed by atoms with van der Waals surface area (Å²) in [7, 11) is 0. The minimum atomic E-state index is -0.120. The van der Waals surface area contributed by atoms with Crippen molar-refractivity contribution in [1.82, 2.24) is 5.43 Å². The molecule has 0 saturated heterocycles. The van der Waals surface area contributed by atoms with E-state index in [2.05, 4.69) is 10.5 Å². The van der Waals surface area contributed by atoms with Crippen molar-refractivity contribution in [2.45, 2.75) is 13.3 Å². The van der Waals surface area contributed by atoms with E-state index < -0.39 is 0 Å². The quantitative estimate of drug-likeness (QED) is 0.577. The highest BCUT2D eigenvalue weighted by Crippen LogP contribution is 2.18. The lowest BCUT2D eigenvalue weighted by molar-refractivity contribution is -0.120. The number of fused-ring (bicyclic) bond motifs is 1. The van der Waals surface area contributed by atoms with Crippen LogP contribution >= 0.6 is 0 Å². The van der Waals surface area contributed by atoms with Gasteiger partial charge in [0.15, 0.2) is 0 Å². The van der Waals surface area contributed by atoms with Crippen molar-refractivity contribution in [2.75, 3.05) is 0 Å². The van der Waals surface area contributed by atoms with E-state index in [1.165, 1.54) is 0 Å². The van der Waals surface area contributed by atoms with E-state index in [1.54, 1.807) is 6.21 Å². The van der Waals surface area contributed by atoms with Crippen LogP contribution in [0.25, 0.3) is 10.8 Å². The van der Waals surface area contributed by atoms with Crippen LogP contribution in [0.4, 0.5) is 0 Å². The fraction of sp³-hybridized carbons (Fsp3) is 0.100. The van der Waals surface area contributed by atoms with Gasteiger partial charge in [-0.2, -0.15) is 5.10 Å². The molecule has 0 heterocycles. The minimum Gasteiger partial charge on any atom is -0.273 e. The molecule has 0 aliphatic carbocycles. The van der Waals surface area contributed by atoms with Crippen molar-refractivity contribution in [3.05, 3.63) is 83.4 Å². The Labute approximate surface area is 135 Å². The number of nitrogens with one attached hydrogen (secondary N) is 1. The van der Waals surface area contributed by atoms with Gasteiger partial charge in [0.25, 0.3) is 0 Å². The molecule has 0 saturated carbocycles. The van der Waals surface area contributed by atoms with Crippen LogP contribution < -0.4 is 5.43 Å². The number of aryl methyl sites for hydroxylation is 1. The highest BCUT2D eigenvalue weighted by Gasteiger charge is 2.05. The van der Waals surface area contributed by atoms with Gasteiger partial charge in [-0.1, -0.05) is 72.3 Å². The summed E-state index contributed by atoms with van der Waals surface area (Å²) in [5.41, 5.74) is 5.73. The Morgan fingerprint density at radius 2 is 1.83 bits per heavy atom. The Kier molecular flexibility index (Phi) is 4.48. The molecule has 0 atom stereocenters. The summed E-state index contributed by atoms with van der Waals surface area (Å²) >= 11 is 0. The van der Waals surface area contributed by atoms with Gasteiger partial charge in [0.05, 0.1) is 12.6 Å². The zero-order valence-electron chi connectivity index (χ0n) is 13.0. The lowest BCUT2D eigenvalue weighted by Crippen LogP contribution is -2.19. The van der Waals surface area contributed by atoms with Crippen LogP contribution in [0.15, 0.2) is 71.8 Å². The molecule has 0 radical (unpaired) electrons. The molecule has 0 bridgehead atoms. The number of carbonyl (C=O) groups excluding carboxylic acids is 1. The standard InChI is InChI=1S/C20H18N2O/c1-15-6-4-7-16(12-15)14-21-22-20(23)13-18-10-5-9-17-8-2-3-11-19(17)18/h2-12,14H,13H2,1H3,(H,22,23)/b21-14+. The minimum absolute atomic E-state index is 0.120. The van der Waals surface area contributed by atoms with E-state index in [4.69, 9.17) is 0 Å². The number of amides is 1. The van der Waals surface area contributed by atoms with E-state index >= 15 is 0 Å². The van der Waals surface area contributed by atoms with Crippen molar-refractivity contribution < 1.29 is 4.79 Å². The summed E-state index contributed by atoms with van der Waals surface area (Å²) in [6, 6.07) is 22.0. The molecule has 0 aliphatic rings. The van der Waals surface area contributed by atoms with Crippen LogP contribution in [-0.2, 0) is 11.2 Å². The molecule has 0 aromatic heterocycles. The van der Waals surface area contributed by atoms with Gasteiger partial charge >= 0.3 is 0 Å². The van der Waals surface area contributed by atoms with Crippen LogP contribution in [0.3, 0.4) is 0 Å². The lowest BCUT2D eigenvalue weighted by atomic mass is 10.0. The van der Waals surface area contributed by atoms with Crippen LogP contribution in [-0.4, -0.2) is 12.1 Å². The Hall–Kier alpha value is -2.94. The highest BCUT2D eigenvalue weighted by atomic mass is 16.2. The number of hydrazone groups is 1. The molecule has 3 rings (SSSR count). The van der Waals surface area contributed by atoms with Gasteiger partial charge < -0.3 is 0 Å². The maximum absolute atomic E-state index is 12.1. The molecular weight excluding hydrogens is 284 g/mol. The highest BCUT2D eigenvalue weighted by molar-refractivity contribution is 5.90. The average molecular weight is 302 g/mol. The molecule has 3 heteroatoms. The van der Waals surface area contributed by atoms with E-state index in [9.17, 15) is 4.79 Å². The van der Waals surface area contributed by atoms with Gasteiger partial charge in [0.1, 0.15) is 0 Å². The van der Waals surface area contributed by atoms with Crippen molar-refractivity contribution in [3.8, 4) is 0 Å².